The van der Waals surface area contributed by atoms with E-state index in [-0.39, 0.29) is 23.7 Å². The lowest BCUT2D eigenvalue weighted by Gasteiger charge is -2.45. The topological polar surface area (TPSA) is 59.0 Å². The third kappa shape index (κ3) is 5.25. The van der Waals surface area contributed by atoms with Gasteiger partial charge in [-0.25, -0.2) is 4.79 Å². The van der Waals surface area contributed by atoms with E-state index in [4.69, 9.17) is 9.16 Å². The van der Waals surface area contributed by atoms with Crippen molar-refractivity contribution in [3.8, 4) is 0 Å². The smallest absolute Gasteiger partial charge is 0.410 e. The highest BCUT2D eigenvalue weighted by Crippen LogP contribution is 2.37. The van der Waals surface area contributed by atoms with Crippen molar-refractivity contribution in [3.05, 3.63) is 60.7 Å². The first kappa shape index (κ1) is 24.5. The molecule has 0 unspecified atom stereocenters. The van der Waals surface area contributed by atoms with Crippen LogP contribution in [0.5, 0.6) is 0 Å². The Bertz CT molecular complexity index is 844. The molecular formula is C26H37NO4Si. The number of aliphatic hydroxyl groups excluding tert-OH is 1. The van der Waals surface area contributed by atoms with E-state index >= 15 is 0 Å². The largest absolute Gasteiger partial charge is 0.444 e. The third-order valence-electron chi connectivity index (χ3n) is 5.99. The van der Waals surface area contributed by atoms with Crippen LogP contribution < -0.4 is 10.4 Å². The highest BCUT2D eigenvalue weighted by Gasteiger charge is 2.51. The predicted octanol–water partition coefficient (Wildman–Crippen LogP) is 3.79. The second-order valence-electron chi connectivity index (χ2n) is 10.7. The standard InChI is InChI=1S/C26H37NO4Si/c1-25(2,3)31-24(29)27-17-20(18-27)23(28)19-30-32(26(4,5)6,21-13-9-7-10-14-21)22-15-11-8-12-16-22/h7-16,20,23,28H,17-19H2,1-6H3/t23-/m1/s1. The maximum absolute atomic E-state index is 12.2. The number of benzene rings is 2. The number of aliphatic hydroxyl groups is 1. The molecule has 1 atom stereocenters. The summed E-state index contributed by atoms with van der Waals surface area (Å²) in [6.07, 6.45) is -0.968. The number of hydrogen-bond donors (Lipinski definition) is 1. The minimum atomic E-state index is -2.68. The molecule has 2 aromatic rings. The zero-order valence-electron chi connectivity index (χ0n) is 20.2. The van der Waals surface area contributed by atoms with Crippen molar-refractivity contribution in [3.63, 3.8) is 0 Å². The van der Waals surface area contributed by atoms with Crippen molar-refractivity contribution < 1.29 is 19.1 Å². The van der Waals surface area contributed by atoms with Crippen LogP contribution in [0.3, 0.4) is 0 Å². The van der Waals surface area contributed by atoms with E-state index in [2.05, 4.69) is 69.3 Å². The lowest BCUT2D eigenvalue weighted by Crippen LogP contribution is -2.67. The summed E-state index contributed by atoms with van der Waals surface area (Å²) in [4.78, 5) is 13.9. The molecule has 0 spiro atoms. The second kappa shape index (κ2) is 9.38. The van der Waals surface area contributed by atoms with Gasteiger partial charge in [-0.15, -0.1) is 0 Å². The van der Waals surface area contributed by atoms with Gasteiger partial charge in [-0.3, -0.25) is 0 Å². The van der Waals surface area contributed by atoms with Crippen LogP contribution >= 0.6 is 0 Å². The Kier molecular flexibility index (Phi) is 7.17. The van der Waals surface area contributed by atoms with Crippen LogP contribution in [-0.2, 0) is 9.16 Å². The lowest BCUT2D eigenvalue weighted by atomic mass is 9.95. The number of ether oxygens (including phenoxy) is 1. The van der Waals surface area contributed by atoms with Gasteiger partial charge < -0.3 is 19.2 Å². The monoisotopic (exact) mass is 455 g/mol. The van der Waals surface area contributed by atoms with Gasteiger partial charge in [0.2, 0.25) is 0 Å². The number of amides is 1. The van der Waals surface area contributed by atoms with Crippen LogP contribution in [0.15, 0.2) is 60.7 Å². The molecule has 1 fully saturated rings. The molecule has 0 radical (unpaired) electrons. The van der Waals surface area contributed by atoms with Gasteiger partial charge in [0.1, 0.15) is 5.60 Å². The Morgan fingerprint density at radius 2 is 1.44 bits per heavy atom. The summed E-state index contributed by atoms with van der Waals surface area (Å²) in [6, 6.07) is 20.8. The highest BCUT2D eigenvalue weighted by molar-refractivity contribution is 6.99. The average Bonchev–Trinajstić information content (AvgIpc) is 2.66. The molecule has 3 rings (SSSR count). The molecule has 0 aromatic heterocycles. The summed E-state index contributed by atoms with van der Waals surface area (Å²) in [5.41, 5.74) is -0.521. The summed E-state index contributed by atoms with van der Waals surface area (Å²) < 4.78 is 12.2. The zero-order chi connectivity index (χ0) is 23.6. The maximum Gasteiger partial charge on any atom is 0.410 e. The molecule has 0 aliphatic carbocycles. The van der Waals surface area contributed by atoms with E-state index in [0.717, 1.165) is 0 Å². The SMILES string of the molecule is CC(C)(C)OC(=O)N1CC([C@H](O)CO[Si](c2ccccc2)(c2ccccc2)C(C)(C)C)C1. The molecule has 1 aliphatic heterocycles. The minimum absolute atomic E-state index is 0.0132. The number of nitrogens with zero attached hydrogens (tertiary/aromatic N) is 1. The van der Waals surface area contributed by atoms with Gasteiger partial charge in [0.05, 0.1) is 12.7 Å². The molecule has 5 nitrogen and oxygen atoms in total. The van der Waals surface area contributed by atoms with Crippen LogP contribution in [0, 0.1) is 5.92 Å². The Morgan fingerprint density at radius 3 is 1.84 bits per heavy atom. The second-order valence-corrected chi connectivity index (χ2v) is 15.0. The lowest BCUT2D eigenvalue weighted by molar-refractivity contribution is -0.0423. The van der Waals surface area contributed by atoms with Gasteiger partial charge in [-0.2, -0.15) is 0 Å². The number of hydrogen-bond acceptors (Lipinski definition) is 4. The zero-order valence-corrected chi connectivity index (χ0v) is 21.2. The van der Waals surface area contributed by atoms with Crippen LogP contribution in [-0.4, -0.2) is 55.8 Å². The molecule has 0 bridgehead atoms. The number of carbonyl (C=O) groups is 1. The van der Waals surface area contributed by atoms with E-state index in [1.807, 2.05) is 32.9 Å². The van der Waals surface area contributed by atoms with Crippen molar-refractivity contribution in [2.24, 2.45) is 5.92 Å². The van der Waals surface area contributed by atoms with Gasteiger partial charge in [-0.05, 0) is 36.2 Å². The quantitative estimate of drug-likeness (QED) is 0.674. The van der Waals surface area contributed by atoms with Crippen LogP contribution in [0.4, 0.5) is 4.79 Å². The van der Waals surface area contributed by atoms with Crippen molar-refractivity contribution in [2.75, 3.05) is 19.7 Å². The van der Waals surface area contributed by atoms with E-state index in [1.165, 1.54) is 10.4 Å². The Morgan fingerprint density at radius 1 is 0.969 bits per heavy atom. The molecule has 2 aromatic carbocycles. The average molecular weight is 456 g/mol. The van der Waals surface area contributed by atoms with Gasteiger partial charge in [-0.1, -0.05) is 81.4 Å². The van der Waals surface area contributed by atoms with E-state index in [9.17, 15) is 9.90 Å². The molecule has 1 aliphatic rings. The maximum atomic E-state index is 12.2. The molecule has 1 heterocycles. The summed E-state index contributed by atoms with van der Waals surface area (Å²) in [5.74, 6) is -0.0132. The Hall–Kier alpha value is -2.15. The molecule has 1 N–H and O–H groups in total. The molecular weight excluding hydrogens is 418 g/mol. The number of likely N-dealkylation sites (tertiary alicyclic amines) is 1. The van der Waals surface area contributed by atoms with Crippen molar-refractivity contribution in [1.82, 2.24) is 4.90 Å². The summed E-state index contributed by atoms with van der Waals surface area (Å²) in [6.45, 7) is 13.4. The number of carbonyl (C=O) groups excluding carboxylic acids is 1. The first-order valence-electron chi connectivity index (χ1n) is 11.3. The fraction of sp³-hybridized carbons (Fsp3) is 0.500. The van der Waals surface area contributed by atoms with Crippen LogP contribution in [0.1, 0.15) is 41.5 Å². The molecule has 174 valence electrons. The van der Waals surface area contributed by atoms with Crippen molar-refractivity contribution in [1.29, 1.82) is 0 Å². The van der Waals surface area contributed by atoms with Gasteiger partial charge in [0.15, 0.2) is 0 Å². The van der Waals surface area contributed by atoms with Crippen LogP contribution in [0.2, 0.25) is 5.04 Å². The van der Waals surface area contributed by atoms with Crippen molar-refractivity contribution in [2.45, 2.75) is 58.3 Å². The highest BCUT2D eigenvalue weighted by atomic mass is 28.4. The fourth-order valence-corrected chi connectivity index (χ4v) is 8.92. The first-order valence-corrected chi connectivity index (χ1v) is 13.3. The fourth-order valence-electron chi connectivity index (χ4n) is 4.34. The predicted molar refractivity (Wildman–Crippen MR) is 131 cm³/mol. The van der Waals surface area contributed by atoms with E-state index in [1.54, 1.807) is 4.90 Å². The van der Waals surface area contributed by atoms with Gasteiger partial charge >= 0.3 is 6.09 Å². The van der Waals surface area contributed by atoms with Gasteiger partial charge in [0, 0.05) is 19.0 Å². The molecule has 6 heteroatoms. The molecule has 1 saturated heterocycles. The molecule has 32 heavy (non-hydrogen) atoms. The summed E-state index contributed by atoms with van der Waals surface area (Å²) >= 11 is 0. The first-order chi connectivity index (χ1) is 14.9. The van der Waals surface area contributed by atoms with Gasteiger partial charge in [0.25, 0.3) is 8.32 Å². The summed E-state index contributed by atoms with van der Waals surface area (Å²) in [7, 11) is -2.68. The Labute approximate surface area is 193 Å². The van der Waals surface area contributed by atoms with E-state index < -0.39 is 20.0 Å². The molecule has 0 saturated carbocycles. The Balaban J connectivity index is 1.77. The van der Waals surface area contributed by atoms with Crippen molar-refractivity contribution >= 4 is 24.8 Å². The number of rotatable bonds is 6. The minimum Gasteiger partial charge on any atom is -0.444 e. The summed E-state index contributed by atoms with van der Waals surface area (Å²) in [5, 5.41) is 13.2. The normalized spacial score (nSPS) is 16.4. The molecule has 1 amide bonds. The van der Waals surface area contributed by atoms with Crippen LogP contribution in [0.25, 0.3) is 0 Å². The van der Waals surface area contributed by atoms with E-state index in [0.29, 0.717) is 13.1 Å². The third-order valence-corrected chi connectivity index (χ3v) is 11.0.